The van der Waals surface area contributed by atoms with Crippen LogP contribution in [0.3, 0.4) is 0 Å². The van der Waals surface area contributed by atoms with E-state index in [0.717, 1.165) is 12.1 Å². The topological polar surface area (TPSA) is 68.1 Å². The molecule has 2 heterocycles. The Bertz CT molecular complexity index is 562. The van der Waals surface area contributed by atoms with E-state index in [1.165, 1.54) is 12.8 Å². The molecule has 1 aromatic heterocycles. The van der Waals surface area contributed by atoms with Gasteiger partial charge in [0.25, 0.3) is 0 Å². The molecule has 1 saturated carbocycles. The molecule has 1 unspecified atom stereocenters. The van der Waals surface area contributed by atoms with Crippen LogP contribution in [0.1, 0.15) is 50.8 Å². The van der Waals surface area contributed by atoms with E-state index in [1.807, 2.05) is 10.9 Å². The van der Waals surface area contributed by atoms with Gasteiger partial charge in [0.15, 0.2) is 0 Å². The van der Waals surface area contributed by atoms with Crippen molar-refractivity contribution in [3.63, 3.8) is 0 Å². The molecule has 106 valence electrons. The van der Waals surface area contributed by atoms with Gasteiger partial charge in [0.05, 0.1) is 17.0 Å². The van der Waals surface area contributed by atoms with Gasteiger partial charge in [-0.25, -0.2) is 13.1 Å². The summed E-state index contributed by atoms with van der Waals surface area (Å²) in [5.74, 6) is 0.589. The Kier molecular flexibility index (Phi) is 3.13. The molecule has 0 spiro atoms. The average Bonchev–Trinajstić information content (AvgIpc) is 2.92. The highest BCUT2D eigenvalue weighted by Crippen LogP contribution is 2.39. The van der Waals surface area contributed by atoms with Crippen molar-refractivity contribution < 1.29 is 8.42 Å². The van der Waals surface area contributed by atoms with E-state index in [-0.39, 0.29) is 11.3 Å². The van der Waals surface area contributed by atoms with Crippen LogP contribution >= 0.6 is 0 Å². The molecule has 0 radical (unpaired) electrons. The summed E-state index contributed by atoms with van der Waals surface area (Å²) in [7, 11) is -3.14. The molecule has 0 amide bonds. The Morgan fingerprint density at radius 3 is 2.68 bits per heavy atom. The number of rotatable bonds is 4. The van der Waals surface area contributed by atoms with E-state index < -0.39 is 10.0 Å². The van der Waals surface area contributed by atoms with Gasteiger partial charge in [-0.2, -0.15) is 4.31 Å². The van der Waals surface area contributed by atoms with Gasteiger partial charge in [-0.3, -0.25) is 0 Å². The van der Waals surface area contributed by atoms with Gasteiger partial charge in [-0.05, 0) is 33.1 Å². The van der Waals surface area contributed by atoms with Crippen LogP contribution in [0.15, 0.2) is 6.20 Å². The summed E-state index contributed by atoms with van der Waals surface area (Å²) in [4.78, 5) is 0. The molecule has 6 nitrogen and oxygen atoms in total. The summed E-state index contributed by atoms with van der Waals surface area (Å²) in [5.41, 5.74) is 1.06. The Morgan fingerprint density at radius 1 is 1.32 bits per heavy atom. The summed E-state index contributed by atoms with van der Waals surface area (Å²) in [6.07, 6.45) is 5.22. The van der Waals surface area contributed by atoms with E-state index in [1.54, 1.807) is 18.2 Å². The second-order valence-corrected chi connectivity index (χ2v) is 8.28. The molecule has 1 aliphatic heterocycles. The van der Waals surface area contributed by atoms with Crippen molar-refractivity contribution in [2.24, 2.45) is 0 Å². The van der Waals surface area contributed by atoms with E-state index in [2.05, 4.69) is 10.3 Å². The smallest absolute Gasteiger partial charge is 0.216 e. The third-order valence-electron chi connectivity index (χ3n) is 3.98. The summed E-state index contributed by atoms with van der Waals surface area (Å²) < 4.78 is 27.7. The third kappa shape index (κ3) is 2.41. The SMILES string of the molecule is CC(C)S(=O)(=O)N1CCC(n2cc(C3CC3)nn2)C1. The van der Waals surface area contributed by atoms with Gasteiger partial charge >= 0.3 is 0 Å². The highest BCUT2D eigenvalue weighted by molar-refractivity contribution is 7.89. The monoisotopic (exact) mass is 284 g/mol. The predicted molar refractivity (Wildman–Crippen MR) is 71.3 cm³/mol. The Hall–Kier alpha value is -0.950. The number of sulfonamides is 1. The van der Waals surface area contributed by atoms with Gasteiger partial charge in [0, 0.05) is 25.2 Å². The first kappa shape index (κ1) is 13.1. The highest BCUT2D eigenvalue weighted by Gasteiger charge is 2.35. The molecular weight excluding hydrogens is 264 g/mol. The van der Waals surface area contributed by atoms with Gasteiger partial charge < -0.3 is 0 Å². The lowest BCUT2D eigenvalue weighted by Crippen LogP contribution is -2.34. The molecule has 1 saturated heterocycles. The first-order valence-corrected chi connectivity index (χ1v) is 8.39. The molecule has 7 heteroatoms. The van der Waals surface area contributed by atoms with Crippen LogP contribution in [0.4, 0.5) is 0 Å². The lowest BCUT2D eigenvalue weighted by molar-refractivity contribution is 0.425. The van der Waals surface area contributed by atoms with Crippen LogP contribution in [0, 0.1) is 0 Å². The molecule has 1 aromatic rings. The van der Waals surface area contributed by atoms with Crippen LogP contribution < -0.4 is 0 Å². The van der Waals surface area contributed by atoms with Gasteiger partial charge in [0.2, 0.25) is 10.0 Å². The molecule has 0 bridgehead atoms. The zero-order chi connectivity index (χ0) is 13.6. The second kappa shape index (κ2) is 4.56. The van der Waals surface area contributed by atoms with Crippen LogP contribution in [0.5, 0.6) is 0 Å². The first-order chi connectivity index (χ1) is 8.98. The average molecular weight is 284 g/mol. The molecule has 0 N–H and O–H groups in total. The Morgan fingerprint density at radius 2 is 2.05 bits per heavy atom. The minimum absolute atomic E-state index is 0.133. The number of hydrogen-bond donors (Lipinski definition) is 0. The van der Waals surface area contributed by atoms with E-state index in [9.17, 15) is 8.42 Å². The lowest BCUT2D eigenvalue weighted by Gasteiger charge is -2.18. The normalized spacial score (nSPS) is 25.3. The summed E-state index contributed by atoms with van der Waals surface area (Å²) in [5, 5.41) is 8.00. The van der Waals surface area contributed by atoms with Crippen LogP contribution in [-0.4, -0.2) is 46.1 Å². The van der Waals surface area contributed by atoms with Gasteiger partial charge in [-0.15, -0.1) is 5.10 Å². The lowest BCUT2D eigenvalue weighted by atomic mass is 10.2. The fourth-order valence-electron chi connectivity index (χ4n) is 2.49. The largest absolute Gasteiger partial charge is 0.248 e. The van der Waals surface area contributed by atoms with E-state index >= 15 is 0 Å². The zero-order valence-corrected chi connectivity index (χ0v) is 12.2. The van der Waals surface area contributed by atoms with Crippen molar-refractivity contribution in [1.29, 1.82) is 0 Å². The summed E-state index contributed by atoms with van der Waals surface area (Å²) in [6.45, 7) is 4.56. The van der Waals surface area contributed by atoms with Crippen molar-refractivity contribution in [3.05, 3.63) is 11.9 Å². The van der Waals surface area contributed by atoms with E-state index in [0.29, 0.717) is 19.0 Å². The molecular formula is C12H20N4O2S. The fraction of sp³-hybridized carbons (Fsp3) is 0.833. The quantitative estimate of drug-likeness (QED) is 0.831. The number of hydrogen-bond acceptors (Lipinski definition) is 4. The van der Waals surface area contributed by atoms with Crippen molar-refractivity contribution in [2.75, 3.05) is 13.1 Å². The molecule has 19 heavy (non-hydrogen) atoms. The summed E-state index contributed by atoms with van der Waals surface area (Å²) in [6, 6.07) is 0.133. The van der Waals surface area contributed by atoms with Gasteiger partial charge in [-0.1, -0.05) is 5.21 Å². The van der Waals surface area contributed by atoms with Crippen LogP contribution in [0.25, 0.3) is 0 Å². The zero-order valence-electron chi connectivity index (χ0n) is 11.4. The molecule has 1 aliphatic carbocycles. The van der Waals surface area contributed by atoms with Crippen molar-refractivity contribution in [1.82, 2.24) is 19.3 Å². The molecule has 3 rings (SSSR count). The summed E-state index contributed by atoms with van der Waals surface area (Å²) >= 11 is 0. The van der Waals surface area contributed by atoms with Crippen LogP contribution in [-0.2, 0) is 10.0 Å². The number of nitrogens with zero attached hydrogens (tertiary/aromatic N) is 4. The van der Waals surface area contributed by atoms with Crippen LogP contribution in [0.2, 0.25) is 0 Å². The minimum Gasteiger partial charge on any atom is -0.248 e. The molecule has 0 aromatic carbocycles. The Balaban J connectivity index is 1.71. The third-order valence-corrected chi connectivity index (χ3v) is 6.22. The maximum Gasteiger partial charge on any atom is 0.216 e. The second-order valence-electron chi connectivity index (χ2n) is 5.79. The highest BCUT2D eigenvalue weighted by atomic mass is 32.2. The minimum atomic E-state index is -3.14. The molecule has 2 aliphatic rings. The fourth-order valence-corrected chi connectivity index (χ4v) is 3.83. The standard InChI is InChI=1S/C12H20N4O2S/c1-9(2)19(17,18)15-6-5-11(7-15)16-8-12(13-14-16)10-3-4-10/h8-11H,3-7H2,1-2H3. The maximum absolute atomic E-state index is 12.1. The van der Waals surface area contributed by atoms with Crippen molar-refractivity contribution >= 4 is 10.0 Å². The van der Waals surface area contributed by atoms with Crippen molar-refractivity contribution in [3.8, 4) is 0 Å². The van der Waals surface area contributed by atoms with Crippen molar-refractivity contribution in [2.45, 2.75) is 50.3 Å². The number of aromatic nitrogens is 3. The maximum atomic E-state index is 12.1. The van der Waals surface area contributed by atoms with E-state index in [4.69, 9.17) is 0 Å². The van der Waals surface area contributed by atoms with Gasteiger partial charge in [0.1, 0.15) is 0 Å². The molecule has 1 atom stereocenters. The first-order valence-electron chi connectivity index (χ1n) is 6.89. The predicted octanol–water partition coefficient (Wildman–Crippen LogP) is 1.14. The molecule has 2 fully saturated rings. The Labute approximate surface area is 113 Å².